The molecule has 8 amide bonds. The van der Waals surface area contributed by atoms with Crippen LogP contribution in [0.15, 0.2) is 78.7 Å². The number of hydrogen-bond acceptors (Lipinski definition) is 14. The van der Waals surface area contributed by atoms with Crippen molar-refractivity contribution in [3.63, 3.8) is 0 Å². The number of halogens is 2. The summed E-state index contributed by atoms with van der Waals surface area (Å²) in [5, 5.41) is 29.5. The van der Waals surface area contributed by atoms with Crippen LogP contribution in [-0.4, -0.2) is 127 Å². The second-order valence-electron chi connectivity index (χ2n) is 23.5. The quantitative estimate of drug-likeness (QED) is 0.0264. The van der Waals surface area contributed by atoms with Crippen LogP contribution in [-0.2, 0) is 44.5 Å². The number of pyridine rings is 1. The standard InChI is InChI=1S/C61H83BrClN9O13/c1-34(2)52(70-49(73)21-12-13-24-59(6,7)85-36(4)33-62)55(76)68-43(19-16-26-66-56(64)77)54(75)67-42-23-22-41(39-18-15-25-65-53(39)42)69-57(78)84-48-30-50(74)72(9)44-28-38(29-45(81-10)51(44)63)27-35(3)17-14-20-47(82-11)61(80)32-46(83-58(79)71-61)37(5)40-31-60(40,48)8/h14-15,17-18,20,22-23,25,28-29,34,37,40,43,46-48,52,80H,4,12-13,16,19,21,24,26-27,30-33H2,1-3,5-11H3,(H,67,75)(H,68,76)(H,69,78)(H,70,73)(H,71,79)(H3,64,66,77)/b20-14+,35-17+/t37-,40-,43-,46-,47+,48-,52-,60+,61-/m0/s1. The smallest absolute Gasteiger partial charge is 0.411 e. The average Bonchev–Trinajstić information content (AvgIpc) is 1.94. The van der Waals surface area contributed by atoms with Gasteiger partial charge in [0.15, 0.2) is 5.72 Å². The van der Waals surface area contributed by atoms with Crippen molar-refractivity contribution in [2.45, 2.75) is 154 Å². The Morgan fingerprint density at radius 2 is 1.78 bits per heavy atom. The van der Waals surface area contributed by atoms with Gasteiger partial charge >= 0.3 is 18.2 Å². The molecule has 22 nitrogen and oxygen atoms in total. The number of aliphatic hydroxyl groups is 1. The van der Waals surface area contributed by atoms with Gasteiger partial charge in [-0.2, -0.15) is 0 Å². The number of alkyl carbamates (subject to hydrolysis) is 1. The molecule has 3 aliphatic rings. The highest BCUT2D eigenvalue weighted by Gasteiger charge is 2.62. The number of nitrogens with zero attached hydrogens (tertiary/aromatic N) is 2. The lowest BCUT2D eigenvalue weighted by Crippen LogP contribution is -2.63. The monoisotopic (exact) mass is 1260 g/mol. The van der Waals surface area contributed by atoms with E-state index >= 15 is 0 Å². The van der Waals surface area contributed by atoms with Gasteiger partial charge in [-0.15, -0.1) is 0 Å². The molecule has 0 radical (unpaired) electrons. The number of ether oxygens (including phenoxy) is 5. The Morgan fingerprint density at radius 3 is 2.46 bits per heavy atom. The maximum atomic E-state index is 14.6. The molecule has 3 aromatic rings. The number of amides is 8. The first kappa shape index (κ1) is 67.2. The number of primary amides is 1. The van der Waals surface area contributed by atoms with E-state index in [2.05, 4.69) is 59.4 Å². The Bertz CT molecular complexity index is 3030. The molecule has 4 bridgehead atoms. The summed E-state index contributed by atoms with van der Waals surface area (Å²) >= 11 is 10.2. The highest BCUT2D eigenvalue weighted by Crippen LogP contribution is 2.61. The van der Waals surface area contributed by atoms with E-state index in [1.165, 1.54) is 31.4 Å². The predicted octanol–water partition coefficient (Wildman–Crippen LogP) is 9.07. The molecule has 9 atom stereocenters. The molecule has 0 spiro atoms. The molecular weight excluding hydrogens is 1180 g/mol. The predicted molar refractivity (Wildman–Crippen MR) is 328 cm³/mol. The number of carbonyl (C=O) groups excluding carboxylic acids is 7. The summed E-state index contributed by atoms with van der Waals surface area (Å²) in [5.41, 5.74) is 4.91. The molecule has 9 N–H and O–H groups in total. The van der Waals surface area contributed by atoms with Gasteiger partial charge in [0, 0.05) is 50.5 Å². The fourth-order valence-electron chi connectivity index (χ4n) is 11.2. The number of nitrogens with one attached hydrogen (secondary N) is 6. The molecule has 3 heterocycles. The average molecular weight is 1270 g/mol. The normalized spacial score (nSPS) is 24.2. The van der Waals surface area contributed by atoms with Crippen molar-refractivity contribution in [3.05, 3.63) is 89.3 Å². The van der Waals surface area contributed by atoms with E-state index in [4.69, 9.17) is 41.0 Å². The van der Waals surface area contributed by atoms with E-state index in [0.717, 1.165) is 11.1 Å². The van der Waals surface area contributed by atoms with E-state index in [0.29, 0.717) is 60.0 Å². The lowest BCUT2D eigenvalue weighted by Gasteiger charge is -2.42. The molecule has 464 valence electrons. The molecule has 24 heteroatoms. The van der Waals surface area contributed by atoms with Crippen LogP contribution in [0.3, 0.4) is 0 Å². The SMILES string of the molecule is C=C(CBr)OC(C)(C)CCCCC(=O)N[C@H](C(=O)N[C@@H](CCCNC(N)=O)C(=O)Nc1ccc(NC(=O)O[C@H]2CC(=O)N(C)c3cc(cc(OC)c3Cl)C/C(C)=C/C=C/[C@@H](OC)[C@@]3(O)C[C@H](OC(=O)N3)[C@@H](C)[C@@H]3C[C@@]23C)c2cccnc12)C(C)C. The number of unbranched alkanes of at least 4 members (excludes halogenated alkanes) is 1. The molecule has 2 aliphatic heterocycles. The number of hydrogen-bond donors (Lipinski definition) is 8. The fourth-order valence-corrected chi connectivity index (χ4v) is 11.6. The summed E-state index contributed by atoms with van der Waals surface area (Å²) < 4.78 is 29.4. The van der Waals surface area contributed by atoms with Crippen LogP contribution in [0.2, 0.25) is 5.02 Å². The minimum Gasteiger partial charge on any atom is -0.495 e. The maximum absolute atomic E-state index is 14.6. The van der Waals surface area contributed by atoms with Gasteiger partial charge in [-0.1, -0.05) is 85.6 Å². The number of allylic oxidation sites excluding steroid dienone is 4. The van der Waals surface area contributed by atoms with E-state index in [9.17, 15) is 38.7 Å². The number of benzene rings is 2. The van der Waals surface area contributed by atoms with Crippen LogP contribution in [0.5, 0.6) is 5.75 Å². The van der Waals surface area contributed by atoms with Crippen LogP contribution in [0, 0.1) is 23.2 Å². The van der Waals surface area contributed by atoms with Gasteiger partial charge in [-0.3, -0.25) is 34.8 Å². The summed E-state index contributed by atoms with van der Waals surface area (Å²) in [6.45, 7) is 17.2. The van der Waals surface area contributed by atoms with E-state index in [-0.39, 0.29) is 78.3 Å². The third kappa shape index (κ3) is 17.8. The van der Waals surface area contributed by atoms with E-state index < -0.39 is 89.0 Å². The Morgan fingerprint density at radius 1 is 1.05 bits per heavy atom. The zero-order valence-electron chi connectivity index (χ0n) is 50.2. The highest BCUT2D eigenvalue weighted by atomic mass is 79.9. The van der Waals surface area contributed by atoms with Crippen molar-refractivity contribution in [2.75, 3.05) is 48.7 Å². The molecule has 6 rings (SSSR count). The van der Waals surface area contributed by atoms with Gasteiger partial charge in [0.05, 0.1) is 41.4 Å². The largest absolute Gasteiger partial charge is 0.495 e. The molecule has 2 aromatic carbocycles. The second kappa shape index (κ2) is 29.4. The van der Waals surface area contributed by atoms with Gasteiger partial charge in [0.25, 0.3) is 0 Å². The van der Waals surface area contributed by atoms with Gasteiger partial charge in [-0.25, -0.2) is 14.4 Å². The first-order valence-electron chi connectivity index (χ1n) is 28.5. The van der Waals surface area contributed by atoms with Crippen LogP contribution in [0.1, 0.15) is 112 Å². The molecule has 1 saturated carbocycles. The van der Waals surface area contributed by atoms with E-state index in [1.807, 2.05) is 40.7 Å². The van der Waals surface area contributed by atoms with Crippen molar-refractivity contribution in [3.8, 4) is 5.75 Å². The molecular formula is C61H83BrClN9O13. The highest BCUT2D eigenvalue weighted by molar-refractivity contribution is 9.09. The van der Waals surface area contributed by atoms with Crippen molar-refractivity contribution in [2.24, 2.45) is 28.9 Å². The summed E-state index contributed by atoms with van der Waals surface area (Å²) in [6, 6.07) is 7.07. The van der Waals surface area contributed by atoms with Crippen molar-refractivity contribution in [1.29, 1.82) is 0 Å². The number of fused-ring (bicyclic) bond motifs is 6. The number of urea groups is 1. The lowest BCUT2D eigenvalue weighted by molar-refractivity contribution is -0.143. The molecule has 1 saturated heterocycles. The van der Waals surface area contributed by atoms with Crippen molar-refractivity contribution in [1.82, 2.24) is 26.3 Å². The zero-order chi connectivity index (χ0) is 62.6. The molecule has 2 fully saturated rings. The Hall–Kier alpha value is -6.95. The maximum Gasteiger partial charge on any atom is 0.411 e. The summed E-state index contributed by atoms with van der Waals surface area (Å²) in [7, 11) is 4.50. The number of anilines is 3. The molecule has 0 unspecified atom stereocenters. The van der Waals surface area contributed by atoms with E-state index in [1.54, 1.807) is 63.4 Å². The lowest BCUT2D eigenvalue weighted by atomic mass is 9.83. The number of rotatable bonds is 22. The minimum absolute atomic E-state index is 0.0395. The zero-order valence-corrected chi connectivity index (χ0v) is 52.5. The van der Waals surface area contributed by atoms with Crippen LogP contribution < -0.4 is 47.3 Å². The van der Waals surface area contributed by atoms with Gasteiger partial charge in [-0.05, 0) is 125 Å². The van der Waals surface area contributed by atoms with Gasteiger partial charge in [0.1, 0.15) is 52.5 Å². The molecule has 1 aliphatic carbocycles. The third-order valence-corrected chi connectivity index (χ3v) is 17.1. The topological polar surface area (TPSA) is 300 Å². The second-order valence-corrected chi connectivity index (χ2v) is 24.4. The first-order valence-corrected chi connectivity index (χ1v) is 30.0. The van der Waals surface area contributed by atoms with Gasteiger partial charge < -0.3 is 60.7 Å². The number of alkyl halides is 1. The van der Waals surface area contributed by atoms with Crippen molar-refractivity contribution >= 4 is 97.3 Å². The van der Waals surface area contributed by atoms with Crippen LogP contribution >= 0.6 is 27.5 Å². The first-order chi connectivity index (χ1) is 40.1. The molecule has 1 aromatic heterocycles. The summed E-state index contributed by atoms with van der Waals surface area (Å²) in [4.78, 5) is 101. The third-order valence-electron chi connectivity index (χ3n) is 16.0. The molecule has 85 heavy (non-hydrogen) atoms. The van der Waals surface area contributed by atoms with Crippen LogP contribution in [0.25, 0.3) is 10.9 Å². The van der Waals surface area contributed by atoms with Crippen LogP contribution in [0.4, 0.5) is 31.4 Å². The number of aromatic nitrogens is 1. The summed E-state index contributed by atoms with van der Waals surface area (Å²) in [5.74, 6) is -2.07. The summed E-state index contributed by atoms with van der Waals surface area (Å²) in [6.07, 6.45) is 5.09. The number of nitrogens with two attached hydrogens (primary N) is 1. The Balaban J connectivity index is 1.23. The Labute approximate surface area is 510 Å². The number of carbonyl (C=O) groups is 7. The van der Waals surface area contributed by atoms with Crippen molar-refractivity contribution < 1.29 is 62.4 Å². The van der Waals surface area contributed by atoms with Gasteiger partial charge in [0.2, 0.25) is 23.6 Å². The fraction of sp³-hybridized carbons (Fsp3) is 0.541. The minimum atomic E-state index is -1.85. The number of methoxy groups -OCH3 is 2. The Kier molecular flexibility index (Phi) is 23.3.